The van der Waals surface area contributed by atoms with E-state index in [4.69, 9.17) is 14.8 Å². The second kappa shape index (κ2) is 7.73. The standard InChI is InChI=1S/C22H25N5O2/c28-22(29-16-17-7-2-1-3-8-17)26-13-5-4-9-19(26)18-15-21-23-20(25-11-6-12-25)10-14-27(21)24-18/h1-3,7-8,10,14-15,19H,4-6,9,11-13,16H2/t19-/m0/s1. The van der Waals surface area contributed by atoms with E-state index >= 15 is 0 Å². The molecule has 7 nitrogen and oxygen atoms in total. The average Bonchev–Trinajstić information content (AvgIpc) is 3.15. The molecule has 0 bridgehead atoms. The van der Waals surface area contributed by atoms with Crippen molar-refractivity contribution in [2.45, 2.75) is 38.3 Å². The van der Waals surface area contributed by atoms with Crippen LogP contribution >= 0.6 is 0 Å². The number of anilines is 1. The molecule has 1 aromatic carbocycles. The minimum atomic E-state index is -0.273. The van der Waals surface area contributed by atoms with Crippen molar-refractivity contribution in [3.05, 3.63) is 59.9 Å². The molecule has 2 saturated heterocycles. The van der Waals surface area contributed by atoms with Crippen molar-refractivity contribution in [3.8, 4) is 0 Å². The highest BCUT2D eigenvalue weighted by Gasteiger charge is 2.31. The van der Waals surface area contributed by atoms with Gasteiger partial charge < -0.3 is 9.64 Å². The Balaban J connectivity index is 1.34. The van der Waals surface area contributed by atoms with Crippen molar-refractivity contribution in [1.29, 1.82) is 0 Å². The van der Waals surface area contributed by atoms with Gasteiger partial charge in [-0.1, -0.05) is 30.3 Å². The number of hydrogen-bond donors (Lipinski definition) is 0. The van der Waals surface area contributed by atoms with Gasteiger partial charge >= 0.3 is 6.09 Å². The summed E-state index contributed by atoms with van der Waals surface area (Å²) in [6.45, 7) is 3.11. The molecule has 3 aromatic rings. The van der Waals surface area contributed by atoms with Gasteiger partial charge in [0, 0.05) is 31.9 Å². The van der Waals surface area contributed by atoms with Gasteiger partial charge in [-0.3, -0.25) is 4.90 Å². The third-order valence-electron chi connectivity index (χ3n) is 5.79. The molecule has 5 rings (SSSR count). The Morgan fingerprint density at radius 3 is 2.72 bits per heavy atom. The van der Waals surface area contributed by atoms with Crippen molar-refractivity contribution in [1.82, 2.24) is 19.5 Å². The smallest absolute Gasteiger partial charge is 0.410 e. The van der Waals surface area contributed by atoms with E-state index < -0.39 is 0 Å². The van der Waals surface area contributed by atoms with Crippen LogP contribution in [0.4, 0.5) is 10.6 Å². The van der Waals surface area contributed by atoms with E-state index in [0.29, 0.717) is 6.54 Å². The summed E-state index contributed by atoms with van der Waals surface area (Å²) in [5.41, 5.74) is 2.70. The lowest BCUT2D eigenvalue weighted by molar-refractivity contribution is 0.0668. The SMILES string of the molecule is O=C(OCc1ccccc1)N1CCCC[C@H]1c1cc2nc(N3CCC3)ccn2n1. The Kier molecular flexibility index (Phi) is 4.79. The highest BCUT2D eigenvalue weighted by molar-refractivity contribution is 5.68. The maximum Gasteiger partial charge on any atom is 0.410 e. The lowest BCUT2D eigenvalue weighted by Crippen LogP contribution is -2.39. The zero-order valence-corrected chi connectivity index (χ0v) is 16.4. The highest BCUT2D eigenvalue weighted by atomic mass is 16.6. The lowest BCUT2D eigenvalue weighted by atomic mass is 10.00. The first-order chi connectivity index (χ1) is 14.3. The fraction of sp³-hybridized carbons (Fsp3) is 0.409. The molecule has 7 heteroatoms. The van der Waals surface area contributed by atoms with Crippen molar-refractivity contribution >= 4 is 17.6 Å². The van der Waals surface area contributed by atoms with Crippen molar-refractivity contribution in [2.75, 3.05) is 24.5 Å². The topological polar surface area (TPSA) is 63.0 Å². The molecule has 0 aliphatic carbocycles. The predicted octanol–water partition coefficient (Wildman–Crippen LogP) is 3.80. The first-order valence-electron chi connectivity index (χ1n) is 10.4. The van der Waals surface area contributed by atoms with Crippen LogP contribution in [-0.4, -0.2) is 45.2 Å². The van der Waals surface area contributed by atoms with Crippen LogP contribution in [0.1, 0.15) is 43.0 Å². The van der Waals surface area contributed by atoms with E-state index in [0.717, 1.165) is 55.1 Å². The molecular formula is C22H25N5O2. The fourth-order valence-electron chi connectivity index (χ4n) is 4.03. The summed E-state index contributed by atoms with van der Waals surface area (Å²) in [6.07, 6.45) is 5.86. The van der Waals surface area contributed by atoms with Crippen molar-refractivity contribution in [2.24, 2.45) is 0 Å². The van der Waals surface area contributed by atoms with Gasteiger partial charge in [0.2, 0.25) is 0 Å². The summed E-state index contributed by atoms with van der Waals surface area (Å²) in [4.78, 5) is 21.6. The number of amides is 1. The minimum absolute atomic E-state index is 0.0683. The molecule has 1 amide bonds. The Hall–Kier alpha value is -3.09. The molecular weight excluding hydrogens is 366 g/mol. The molecule has 0 N–H and O–H groups in total. The number of carbonyl (C=O) groups is 1. The van der Waals surface area contributed by atoms with Crippen LogP contribution in [0.15, 0.2) is 48.7 Å². The molecule has 0 radical (unpaired) electrons. The number of ether oxygens (including phenoxy) is 1. The summed E-state index contributed by atoms with van der Waals surface area (Å²) in [6, 6.07) is 13.7. The molecule has 2 aliphatic rings. The van der Waals surface area contributed by atoms with Crippen LogP contribution in [-0.2, 0) is 11.3 Å². The number of carbonyl (C=O) groups excluding carboxylic acids is 1. The molecule has 150 valence electrons. The number of benzene rings is 1. The summed E-state index contributed by atoms with van der Waals surface area (Å²) < 4.78 is 7.40. The number of likely N-dealkylation sites (tertiary alicyclic amines) is 1. The maximum atomic E-state index is 12.8. The van der Waals surface area contributed by atoms with Gasteiger partial charge in [-0.05, 0) is 37.3 Å². The summed E-state index contributed by atoms with van der Waals surface area (Å²) >= 11 is 0. The number of fused-ring (bicyclic) bond motifs is 1. The van der Waals surface area contributed by atoms with Crippen molar-refractivity contribution < 1.29 is 9.53 Å². The van der Waals surface area contributed by atoms with E-state index in [1.807, 2.05) is 53.6 Å². The van der Waals surface area contributed by atoms with Crippen LogP contribution in [0, 0.1) is 0 Å². The largest absolute Gasteiger partial charge is 0.445 e. The van der Waals surface area contributed by atoms with Gasteiger partial charge in [-0.15, -0.1) is 0 Å². The summed E-state index contributed by atoms with van der Waals surface area (Å²) in [5, 5.41) is 4.72. The van der Waals surface area contributed by atoms with Gasteiger partial charge in [0.05, 0.1) is 11.7 Å². The monoisotopic (exact) mass is 391 g/mol. The van der Waals surface area contributed by atoms with E-state index in [1.54, 1.807) is 4.52 Å². The van der Waals surface area contributed by atoms with Crippen molar-refractivity contribution in [3.63, 3.8) is 0 Å². The number of nitrogens with zero attached hydrogens (tertiary/aromatic N) is 5. The van der Waals surface area contributed by atoms with Crippen LogP contribution in [0.3, 0.4) is 0 Å². The zero-order valence-electron chi connectivity index (χ0n) is 16.4. The van der Waals surface area contributed by atoms with Gasteiger partial charge in [0.25, 0.3) is 0 Å². The Bertz CT molecular complexity index is 999. The Morgan fingerprint density at radius 2 is 1.93 bits per heavy atom. The first-order valence-corrected chi connectivity index (χ1v) is 10.4. The van der Waals surface area contributed by atoms with E-state index in [1.165, 1.54) is 6.42 Å². The number of rotatable bonds is 4. The molecule has 2 aliphatic heterocycles. The normalized spacial score (nSPS) is 19.2. The quantitative estimate of drug-likeness (QED) is 0.677. The van der Waals surface area contributed by atoms with E-state index in [-0.39, 0.29) is 18.7 Å². The second-order valence-electron chi connectivity index (χ2n) is 7.74. The van der Waals surface area contributed by atoms with Crippen LogP contribution in [0.25, 0.3) is 5.65 Å². The van der Waals surface area contributed by atoms with Gasteiger partial charge in [-0.2, -0.15) is 5.10 Å². The summed E-state index contributed by atoms with van der Waals surface area (Å²) in [5.74, 6) is 0.998. The van der Waals surface area contributed by atoms with Gasteiger partial charge in [0.15, 0.2) is 5.65 Å². The van der Waals surface area contributed by atoms with E-state index in [9.17, 15) is 4.79 Å². The zero-order chi connectivity index (χ0) is 19.6. The summed E-state index contributed by atoms with van der Waals surface area (Å²) in [7, 11) is 0. The first kappa shape index (κ1) is 18.0. The van der Waals surface area contributed by atoms with E-state index in [2.05, 4.69) is 4.90 Å². The Labute approximate surface area is 169 Å². The molecule has 1 atom stereocenters. The van der Waals surface area contributed by atoms with Crippen LogP contribution < -0.4 is 4.90 Å². The Morgan fingerprint density at radius 1 is 1.07 bits per heavy atom. The molecule has 0 saturated carbocycles. The third-order valence-corrected chi connectivity index (χ3v) is 5.79. The lowest BCUT2D eigenvalue weighted by Gasteiger charge is -2.33. The number of hydrogen-bond acceptors (Lipinski definition) is 5. The minimum Gasteiger partial charge on any atom is -0.445 e. The fourth-order valence-corrected chi connectivity index (χ4v) is 4.03. The number of piperidine rings is 1. The molecule has 0 unspecified atom stereocenters. The third kappa shape index (κ3) is 3.64. The van der Waals surface area contributed by atoms with Crippen LogP contribution in [0.2, 0.25) is 0 Å². The molecule has 0 spiro atoms. The molecule has 4 heterocycles. The molecule has 2 aromatic heterocycles. The van der Waals surface area contributed by atoms with Gasteiger partial charge in [0.1, 0.15) is 12.4 Å². The maximum absolute atomic E-state index is 12.8. The van der Waals surface area contributed by atoms with Gasteiger partial charge in [-0.25, -0.2) is 14.3 Å². The second-order valence-corrected chi connectivity index (χ2v) is 7.74. The van der Waals surface area contributed by atoms with Crippen LogP contribution in [0.5, 0.6) is 0 Å². The number of aromatic nitrogens is 3. The highest BCUT2D eigenvalue weighted by Crippen LogP contribution is 2.31. The molecule has 29 heavy (non-hydrogen) atoms. The average molecular weight is 391 g/mol. The predicted molar refractivity (Wildman–Crippen MR) is 110 cm³/mol. The molecule has 2 fully saturated rings.